The van der Waals surface area contributed by atoms with Crippen LogP contribution in [0.4, 0.5) is 0 Å². The molecule has 19 heavy (non-hydrogen) atoms. The summed E-state index contributed by atoms with van der Waals surface area (Å²) < 4.78 is 5.21. The molecule has 0 saturated heterocycles. The molecular formula is C14H17NO4. The lowest BCUT2D eigenvalue weighted by Gasteiger charge is -2.10. The number of rotatable bonds is 5. The number of aryl methyl sites for hydroxylation is 1. The topological polar surface area (TPSA) is 82.7 Å². The highest BCUT2D eigenvalue weighted by atomic mass is 16.4. The predicted octanol–water partition coefficient (Wildman–Crippen LogP) is 1.28. The molecule has 0 unspecified atom stereocenters. The summed E-state index contributed by atoms with van der Waals surface area (Å²) in [6.07, 6.45) is 0.633. The summed E-state index contributed by atoms with van der Waals surface area (Å²) in [4.78, 5) is 11.4. The summed E-state index contributed by atoms with van der Waals surface area (Å²) in [6.45, 7) is 2.96. The van der Waals surface area contributed by atoms with Crippen molar-refractivity contribution in [2.24, 2.45) is 0 Å². The second-order valence-electron chi connectivity index (χ2n) is 4.44. The molecule has 1 aromatic heterocycles. The molecule has 0 aliphatic carbocycles. The Hall–Kier alpha value is -1.85. The molecular weight excluding hydrogens is 246 g/mol. The van der Waals surface area contributed by atoms with Gasteiger partial charge in [0.05, 0.1) is 5.56 Å². The molecule has 2 aromatic rings. The molecule has 0 amide bonds. The van der Waals surface area contributed by atoms with Gasteiger partial charge in [-0.1, -0.05) is 0 Å². The fourth-order valence-corrected chi connectivity index (χ4v) is 2.02. The summed E-state index contributed by atoms with van der Waals surface area (Å²) >= 11 is 0. The standard InChI is InChI=1S/C14H17NO4/c1-9-7-13(18)19-14-10(9)3-4-12(17)11(14)8-15-5-2-6-16/h3-4,7,15-17H,2,5-6,8H2,1H3. The van der Waals surface area contributed by atoms with Crippen LogP contribution in [0.3, 0.4) is 0 Å². The van der Waals surface area contributed by atoms with Gasteiger partial charge in [-0.3, -0.25) is 0 Å². The van der Waals surface area contributed by atoms with Crippen LogP contribution in [-0.2, 0) is 6.54 Å². The van der Waals surface area contributed by atoms with Crippen LogP contribution >= 0.6 is 0 Å². The molecule has 5 heteroatoms. The molecule has 0 spiro atoms. The van der Waals surface area contributed by atoms with Gasteiger partial charge >= 0.3 is 5.63 Å². The third kappa shape index (κ3) is 2.94. The Labute approximate surface area is 110 Å². The SMILES string of the molecule is Cc1cc(=O)oc2c(CNCCCO)c(O)ccc12. The van der Waals surface area contributed by atoms with E-state index in [4.69, 9.17) is 9.52 Å². The van der Waals surface area contributed by atoms with Gasteiger partial charge in [0.25, 0.3) is 0 Å². The summed E-state index contributed by atoms with van der Waals surface area (Å²) in [5, 5.41) is 22.5. The number of aliphatic hydroxyl groups excluding tert-OH is 1. The highest BCUT2D eigenvalue weighted by Gasteiger charge is 2.11. The fourth-order valence-electron chi connectivity index (χ4n) is 2.02. The average Bonchev–Trinajstić information content (AvgIpc) is 2.36. The first-order chi connectivity index (χ1) is 9.13. The number of hydrogen-bond donors (Lipinski definition) is 3. The highest BCUT2D eigenvalue weighted by molar-refractivity contribution is 5.84. The first-order valence-electron chi connectivity index (χ1n) is 6.20. The van der Waals surface area contributed by atoms with Crippen LogP contribution in [0, 0.1) is 6.92 Å². The van der Waals surface area contributed by atoms with Gasteiger partial charge in [-0.15, -0.1) is 0 Å². The number of phenolic OH excluding ortho intramolecular Hbond substituents is 1. The van der Waals surface area contributed by atoms with Crippen molar-refractivity contribution in [1.82, 2.24) is 5.32 Å². The number of benzene rings is 1. The van der Waals surface area contributed by atoms with Gasteiger partial charge in [0.15, 0.2) is 0 Å². The molecule has 102 valence electrons. The van der Waals surface area contributed by atoms with Crippen LogP contribution in [-0.4, -0.2) is 23.4 Å². The van der Waals surface area contributed by atoms with Crippen LogP contribution in [0.15, 0.2) is 27.4 Å². The zero-order valence-corrected chi connectivity index (χ0v) is 10.8. The normalized spacial score (nSPS) is 11.1. The van der Waals surface area contributed by atoms with Crippen molar-refractivity contribution in [1.29, 1.82) is 0 Å². The molecule has 0 atom stereocenters. The molecule has 2 rings (SSSR count). The minimum atomic E-state index is -0.424. The maximum atomic E-state index is 11.4. The largest absolute Gasteiger partial charge is 0.507 e. The molecule has 0 aliphatic heterocycles. The van der Waals surface area contributed by atoms with Gasteiger partial charge in [0, 0.05) is 24.6 Å². The van der Waals surface area contributed by atoms with E-state index in [2.05, 4.69) is 5.32 Å². The van der Waals surface area contributed by atoms with Crippen LogP contribution < -0.4 is 10.9 Å². The van der Waals surface area contributed by atoms with Crippen molar-refractivity contribution in [2.45, 2.75) is 19.9 Å². The first kappa shape index (κ1) is 13.6. The quantitative estimate of drug-likeness (QED) is 0.559. The third-order valence-corrected chi connectivity index (χ3v) is 3.01. The van der Waals surface area contributed by atoms with Gasteiger partial charge in [-0.25, -0.2) is 4.79 Å². The minimum absolute atomic E-state index is 0.0951. The van der Waals surface area contributed by atoms with Gasteiger partial charge in [-0.2, -0.15) is 0 Å². The van der Waals surface area contributed by atoms with Crippen LogP contribution in [0.5, 0.6) is 5.75 Å². The summed E-state index contributed by atoms with van der Waals surface area (Å²) in [5.41, 5.74) is 1.38. The Morgan fingerprint density at radius 1 is 1.37 bits per heavy atom. The molecule has 0 saturated carbocycles. The zero-order valence-electron chi connectivity index (χ0n) is 10.8. The molecule has 0 radical (unpaired) electrons. The molecule has 1 aromatic carbocycles. The van der Waals surface area contributed by atoms with Gasteiger partial charge in [-0.05, 0) is 37.6 Å². The van der Waals surface area contributed by atoms with Crippen LogP contribution in [0.2, 0.25) is 0 Å². The van der Waals surface area contributed by atoms with Crippen molar-refractivity contribution in [3.05, 3.63) is 39.7 Å². The summed E-state index contributed by atoms with van der Waals surface area (Å²) in [5.74, 6) is 0.0951. The fraction of sp³-hybridized carbons (Fsp3) is 0.357. The first-order valence-corrected chi connectivity index (χ1v) is 6.20. The smallest absolute Gasteiger partial charge is 0.336 e. The average molecular weight is 263 g/mol. The van der Waals surface area contributed by atoms with E-state index in [0.29, 0.717) is 30.7 Å². The Bertz CT molecular complexity index is 633. The maximum Gasteiger partial charge on any atom is 0.336 e. The third-order valence-electron chi connectivity index (χ3n) is 3.01. The Balaban J connectivity index is 2.40. The molecule has 0 aliphatic rings. The summed E-state index contributed by atoms with van der Waals surface area (Å²) in [7, 11) is 0. The second-order valence-corrected chi connectivity index (χ2v) is 4.44. The van der Waals surface area contributed by atoms with E-state index >= 15 is 0 Å². The molecule has 1 heterocycles. The number of aromatic hydroxyl groups is 1. The Morgan fingerprint density at radius 3 is 2.89 bits per heavy atom. The van der Waals surface area contributed by atoms with Gasteiger partial charge < -0.3 is 19.9 Å². The van der Waals surface area contributed by atoms with Gasteiger partial charge in [0.1, 0.15) is 11.3 Å². The predicted molar refractivity (Wildman–Crippen MR) is 72.3 cm³/mol. The lowest BCUT2D eigenvalue weighted by Crippen LogP contribution is -2.16. The molecule has 3 N–H and O–H groups in total. The van der Waals surface area contributed by atoms with E-state index in [1.807, 2.05) is 6.92 Å². The maximum absolute atomic E-state index is 11.4. The number of phenols is 1. The second kappa shape index (κ2) is 5.86. The number of hydrogen-bond acceptors (Lipinski definition) is 5. The van der Waals surface area contributed by atoms with E-state index in [1.54, 1.807) is 12.1 Å². The molecule has 5 nitrogen and oxygen atoms in total. The number of nitrogens with one attached hydrogen (secondary N) is 1. The van der Waals surface area contributed by atoms with Crippen LogP contribution in [0.1, 0.15) is 17.5 Å². The van der Waals surface area contributed by atoms with E-state index in [0.717, 1.165) is 10.9 Å². The molecule has 0 bridgehead atoms. The lowest BCUT2D eigenvalue weighted by molar-refractivity contribution is 0.286. The van der Waals surface area contributed by atoms with E-state index in [-0.39, 0.29) is 12.4 Å². The van der Waals surface area contributed by atoms with Crippen molar-refractivity contribution in [3.63, 3.8) is 0 Å². The number of aliphatic hydroxyl groups is 1. The van der Waals surface area contributed by atoms with E-state index < -0.39 is 5.63 Å². The summed E-state index contributed by atoms with van der Waals surface area (Å²) in [6, 6.07) is 4.76. The zero-order chi connectivity index (χ0) is 13.8. The number of fused-ring (bicyclic) bond motifs is 1. The monoisotopic (exact) mass is 263 g/mol. The Kier molecular flexibility index (Phi) is 4.19. The lowest BCUT2D eigenvalue weighted by atomic mass is 10.1. The van der Waals surface area contributed by atoms with E-state index in [1.165, 1.54) is 6.07 Å². The van der Waals surface area contributed by atoms with Crippen molar-refractivity contribution < 1.29 is 14.6 Å². The molecule has 0 fully saturated rings. The Morgan fingerprint density at radius 2 is 2.16 bits per heavy atom. The highest BCUT2D eigenvalue weighted by Crippen LogP contribution is 2.27. The van der Waals surface area contributed by atoms with Crippen molar-refractivity contribution in [2.75, 3.05) is 13.2 Å². The van der Waals surface area contributed by atoms with Crippen molar-refractivity contribution >= 4 is 11.0 Å². The van der Waals surface area contributed by atoms with Gasteiger partial charge in [0.2, 0.25) is 0 Å². The van der Waals surface area contributed by atoms with Crippen LogP contribution in [0.25, 0.3) is 11.0 Å². The van der Waals surface area contributed by atoms with Crippen molar-refractivity contribution in [3.8, 4) is 5.75 Å². The van der Waals surface area contributed by atoms with E-state index in [9.17, 15) is 9.90 Å². The minimum Gasteiger partial charge on any atom is -0.507 e.